The maximum Gasteiger partial charge on any atom is 0.291 e. The van der Waals surface area contributed by atoms with Crippen molar-refractivity contribution in [1.82, 2.24) is 4.83 Å². The van der Waals surface area contributed by atoms with Crippen molar-refractivity contribution in [2.75, 3.05) is 12.4 Å². The van der Waals surface area contributed by atoms with Crippen molar-refractivity contribution in [2.45, 2.75) is 31.1 Å². The second kappa shape index (κ2) is 9.07. The molecule has 1 aliphatic rings. The Morgan fingerprint density at radius 3 is 2.58 bits per heavy atom. The number of amides is 1. The van der Waals surface area contributed by atoms with Crippen LogP contribution in [0.4, 0.5) is 10.1 Å². The highest BCUT2D eigenvalue weighted by molar-refractivity contribution is 7.89. The molecule has 0 spiro atoms. The van der Waals surface area contributed by atoms with Crippen LogP contribution in [0.25, 0.3) is 0 Å². The predicted molar refractivity (Wildman–Crippen MR) is 121 cm³/mol. The number of nitrogens with zero attached hydrogens (tertiary/aromatic N) is 1. The second-order valence-corrected chi connectivity index (χ2v) is 9.13. The van der Waals surface area contributed by atoms with Gasteiger partial charge in [0, 0.05) is 17.5 Å². The minimum absolute atomic E-state index is 0.106. The molecule has 0 saturated heterocycles. The van der Waals surface area contributed by atoms with Crippen LogP contribution in [0.15, 0.2) is 62.9 Å². The molecule has 1 heterocycles. The van der Waals surface area contributed by atoms with Gasteiger partial charge < -0.3 is 14.5 Å². The smallest absolute Gasteiger partial charge is 0.291 e. The number of furan rings is 1. The molecule has 8 nitrogen and oxygen atoms in total. The molecule has 3 aromatic rings. The molecule has 2 N–H and O–H groups in total. The van der Waals surface area contributed by atoms with Crippen LogP contribution in [-0.2, 0) is 16.4 Å². The molecule has 2 aromatic carbocycles. The zero-order valence-electron chi connectivity index (χ0n) is 18.0. The van der Waals surface area contributed by atoms with E-state index < -0.39 is 21.7 Å². The number of fused-ring (bicyclic) bond motifs is 1. The molecule has 0 radical (unpaired) electrons. The first-order valence-corrected chi connectivity index (χ1v) is 11.7. The maximum atomic E-state index is 13.1. The number of anilines is 1. The summed E-state index contributed by atoms with van der Waals surface area (Å²) in [4.78, 5) is 15.0. The van der Waals surface area contributed by atoms with E-state index in [0.29, 0.717) is 53.3 Å². The lowest BCUT2D eigenvalue weighted by molar-refractivity contribution is 0.0993. The maximum absolute atomic E-state index is 13.1. The summed E-state index contributed by atoms with van der Waals surface area (Å²) in [6.07, 6.45) is 1.79. The summed E-state index contributed by atoms with van der Waals surface area (Å²) in [5.41, 5.74) is 2.16. The topological polar surface area (TPSA) is 110 Å². The average Bonchev–Trinajstić information content (AvgIpc) is 3.15. The first-order valence-electron chi connectivity index (χ1n) is 10.2. The van der Waals surface area contributed by atoms with Gasteiger partial charge in [-0.25, -0.2) is 4.39 Å². The predicted octanol–water partition coefficient (Wildman–Crippen LogP) is 4.01. The number of hydrogen-bond donors (Lipinski definition) is 2. The van der Waals surface area contributed by atoms with Crippen molar-refractivity contribution in [3.05, 3.63) is 77.0 Å². The Labute approximate surface area is 190 Å². The van der Waals surface area contributed by atoms with Crippen molar-refractivity contribution in [1.29, 1.82) is 0 Å². The molecule has 1 amide bonds. The molecule has 1 aromatic heterocycles. The number of halogens is 1. The van der Waals surface area contributed by atoms with Gasteiger partial charge in [-0.1, -0.05) is 12.1 Å². The van der Waals surface area contributed by atoms with Gasteiger partial charge in [0.15, 0.2) is 5.76 Å². The lowest BCUT2D eigenvalue weighted by Gasteiger charge is -2.14. The van der Waals surface area contributed by atoms with Crippen molar-refractivity contribution >= 4 is 27.3 Å². The van der Waals surface area contributed by atoms with Crippen LogP contribution >= 0.6 is 0 Å². The van der Waals surface area contributed by atoms with Gasteiger partial charge in [-0.05, 0) is 56.2 Å². The van der Waals surface area contributed by atoms with Crippen LogP contribution < -0.4 is 14.9 Å². The number of carbonyl (C=O) groups excluding carboxylic acids is 1. The Morgan fingerprint density at radius 1 is 1.12 bits per heavy atom. The number of rotatable bonds is 6. The first-order chi connectivity index (χ1) is 15.8. The number of ether oxygens (including phenoxy) is 1. The van der Waals surface area contributed by atoms with E-state index in [1.54, 1.807) is 31.2 Å². The number of methoxy groups -OCH3 is 1. The summed E-state index contributed by atoms with van der Waals surface area (Å²) in [5, 5.41) is 6.90. The van der Waals surface area contributed by atoms with Gasteiger partial charge in [0.05, 0.1) is 23.4 Å². The van der Waals surface area contributed by atoms with Gasteiger partial charge in [0.1, 0.15) is 17.3 Å². The third kappa shape index (κ3) is 4.61. The standard InChI is InChI=1S/C23H22FN3O5S/c1-14-21-18(26-27-33(29,30)16-12-10-15(24)11-13-16)7-5-9-20(21)32-22(14)23(28)25-17-6-3-4-8-19(17)31-2/h3-4,6,8,10-13,27H,5,7,9H2,1-2H3,(H,25,28)/b26-18+. The molecule has 0 atom stereocenters. The molecule has 10 heteroatoms. The number of nitrogens with one attached hydrogen (secondary N) is 2. The third-order valence-electron chi connectivity index (χ3n) is 5.31. The van der Waals surface area contributed by atoms with E-state index in [1.165, 1.54) is 7.11 Å². The zero-order chi connectivity index (χ0) is 23.6. The van der Waals surface area contributed by atoms with Crippen molar-refractivity contribution < 1.29 is 26.8 Å². The number of carbonyl (C=O) groups is 1. The number of hydrazone groups is 1. The monoisotopic (exact) mass is 471 g/mol. The van der Waals surface area contributed by atoms with E-state index >= 15 is 0 Å². The number of sulfonamides is 1. The summed E-state index contributed by atoms with van der Waals surface area (Å²) in [7, 11) is -2.47. The van der Waals surface area contributed by atoms with Gasteiger partial charge in [-0.15, -0.1) is 0 Å². The molecular formula is C23H22FN3O5S. The molecule has 172 valence electrons. The van der Waals surface area contributed by atoms with Crippen molar-refractivity contribution in [2.24, 2.45) is 5.10 Å². The van der Waals surface area contributed by atoms with Gasteiger partial charge in [0.25, 0.3) is 15.9 Å². The van der Waals surface area contributed by atoms with Crippen LogP contribution in [0.5, 0.6) is 5.75 Å². The Balaban J connectivity index is 1.61. The van der Waals surface area contributed by atoms with Crippen molar-refractivity contribution in [3.63, 3.8) is 0 Å². The first kappa shape index (κ1) is 22.5. The number of aryl methyl sites for hydroxylation is 1. The Kier molecular flexibility index (Phi) is 6.19. The van der Waals surface area contributed by atoms with Crippen LogP contribution in [0.1, 0.15) is 40.3 Å². The quantitative estimate of drug-likeness (QED) is 0.528. The van der Waals surface area contributed by atoms with E-state index in [4.69, 9.17) is 9.15 Å². The van der Waals surface area contributed by atoms with Gasteiger partial charge in [0.2, 0.25) is 0 Å². The lowest BCUT2D eigenvalue weighted by atomic mass is 9.93. The SMILES string of the molecule is COc1ccccc1NC(=O)c1oc2c(c1C)/C(=N/NS(=O)(=O)c1ccc(F)cc1)CCC2. The number of benzene rings is 2. The summed E-state index contributed by atoms with van der Waals surface area (Å²) in [5.74, 6) is 0.227. The van der Waals surface area contributed by atoms with E-state index in [2.05, 4.69) is 15.2 Å². The Morgan fingerprint density at radius 2 is 1.85 bits per heavy atom. The fourth-order valence-electron chi connectivity index (χ4n) is 3.71. The summed E-state index contributed by atoms with van der Waals surface area (Å²) < 4.78 is 49.3. The number of para-hydroxylation sites is 2. The van der Waals surface area contributed by atoms with Crippen LogP contribution in [0.3, 0.4) is 0 Å². The minimum Gasteiger partial charge on any atom is -0.495 e. The Hall–Kier alpha value is -3.66. The summed E-state index contributed by atoms with van der Waals surface area (Å²) >= 11 is 0. The van der Waals surface area contributed by atoms with E-state index in [9.17, 15) is 17.6 Å². The lowest BCUT2D eigenvalue weighted by Crippen LogP contribution is -2.22. The number of hydrogen-bond acceptors (Lipinski definition) is 6. The highest BCUT2D eigenvalue weighted by atomic mass is 32.2. The molecular weight excluding hydrogens is 449 g/mol. The average molecular weight is 472 g/mol. The van der Waals surface area contributed by atoms with Crippen LogP contribution in [0.2, 0.25) is 0 Å². The van der Waals surface area contributed by atoms with Gasteiger partial charge in [-0.2, -0.15) is 18.4 Å². The molecule has 0 saturated carbocycles. The van der Waals surface area contributed by atoms with E-state index in [-0.39, 0.29) is 10.7 Å². The minimum atomic E-state index is -3.98. The highest BCUT2D eigenvalue weighted by Crippen LogP contribution is 2.31. The molecule has 1 aliphatic carbocycles. The zero-order valence-corrected chi connectivity index (χ0v) is 18.8. The summed E-state index contributed by atoms with van der Waals surface area (Å²) in [6.45, 7) is 1.73. The molecule has 4 rings (SSSR count). The molecule has 0 fully saturated rings. The largest absolute Gasteiger partial charge is 0.495 e. The molecule has 33 heavy (non-hydrogen) atoms. The third-order valence-corrected chi connectivity index (χ3v) is 6.54. The second-order valence-electron chi connectivity index (χ2n) is 7.47. The molecule has 0 aliphatic heterocycles. The highest BCUT2D eigenvalue weighted by Gasteiger charge is 2.28. The fourth-order valence-corrected chi connectivity index (χ4v) is 4.54. The Bertz CT molecular complexity index is 1330. The van der Waals surface area contributed by atoms with Crippen LogP contribution in [-0.4, -0.2) is 27.1 Å². The fraction of sp³-hybridized carbons (Fsp3) is 0.217. The normalized spacial score (nSPS) is 14.6. The molecule has 0 bridgehead atoms. The van der Waals surface area contributed by atoms with Crippen molar-refractivity contribution in [3.8, 4) is 5.75 Å². The van der Waals surface area contributed by atoms with Crippen LogP contribution in [0, 0.1) is 12.7 Å². The van der Waals surface area contributed by atoms with Gasteiger partial charge >= 0.3 is 0 Å². The van der Waals surface area contributed by atoms with Gasteiger partial charge in [-0.3, -0.25) is 4.79 Å². The molecule has 0 unspecified atom stereocenters. The van der Waals surface area contributed by atoms with E-state index in [1.807, 2.05) is 0 Å². The summed E-state index contributed by atoms with van der Waals surface area (Å²) in [6, 6.07) is 11.5. The van der Waals surface area contributed by atoms with E-state index in [0.717, 1.165) is 24.3 Å².